The molecule has 0 radical (unpaired) electrons. The average Bonchev–Trinajstić information content (AvgIpc) is 2.64. The topological polar surface area (TPSA) is 177 Å². The van der Waals surface area contributed by atoms with Crippen LogP contribution in [-0.2, 0) is 13.8 Å². The van der Waals surface area contributed by atoms with Crippen LogP contribution in [-0.4, -0.2) is 54.5 Å². The summed E-state index contributed by atoms with van der Waals surface area (Å²) in [5.41, 5.74) is 4.52. The largest absolute Gasteiger partial charge is 0.469 e. The van der Waals surface area contributed by atoms with Crippen LogP contribution in [0.25, 0.3) is 0 Å². The molecular weight excluding hydrogens is 309 g/mol. The van der Waals surface area contributed by atoms with Gasteiger partial charge in [0.1, 0.15) is 24.1 Å². The quantitative estimate of drug-likeness (QED) is 0.374. The number of nitrogens with zero attached hydrogens (tertiary/aromatic N) is 2. The minimum atomic E-state index is -4.74. The fraction of sp³-hybridized carbons (Fsp3) is 0.556. The number of aliphatic hydroxyl groups is 2. The molecule has 12 heteroatoms. The second-order valence-electron chi connectivity index (χ2n) is 4.37. The van der Waals surface area contributed by atoms with Crippen molar-refractivity contribution in [2.45, 2.75) is 24.5 Å². The third-order valence-electron chi connectivity index (χ3n) is 2.87. The molecule has 1 fully saturated rings. The monoisotopic (exact) mass is 323 g/mol. The Morgan fingerprint density at radius 3 is 2.67 bits per heavy atom. The Morgan fingerprint density at radius 2 is 2.10 bits per heavy atom. The van der Waals surface area contributed by atoms with Crippen LogP contribution in [0.5, 0.6) is 0 Å². The standard InChI is InChI=1S/C9H14N3O8P/c10-5-1-2-12(9(15)11-5)8-7(14)6(13)4(20-8)3-19-21(16,17)18/h1-2,4,6-8,13-14H,3H2,(H2,10,11,15)(H2,16,17,18)/t4-,6+,7-,8-/m0/s1. The molecule has 0 unspecified atom stereocenters. The Balaban J connectivity index is 2.16. The summed E-state index contributed by atoms with van der Waals surface area (Å²) in [6, 6.07) is 1.29. The fourth-order valence-corrected chi connectivity index (χ4v) is 2.23. The minimum absolute atomic E-state index is 0.0225. The Kier molecular flexibility index (Phi) is 4.44. The SMILES string of the molecule is Nc1ccn([C@H]2O[C@@H](COP(=O)(O)O)[C@@H](O)[C@@H]2O)c(=O)n1. The Morgan fingerprint density at radius 1 is 1.43 bits per heavy atom. The summed E-state index contributed by atoms with van der Waals surface area (Å²) in [5, 5.41) is 19.6. The second-order valence-corrected chi connectivity index (χ2v) is 5.61. The first kappa shape index (κ1) is 16.0. The molecule has 0 aromatic carbocycles. The molecule has 2 rings (SSSR count). The van der Waals surface area contributed by atoms with E-state index in [0.29, 0.717) is 0 Å². The Labute approximate surface area is 117 Å². The number of hydrogen-bond acceptors (Lipinski definition) is 8. The molecule has 0 amide bonds. The summed E-state index contributed by atoms with van der Waals surface area (Å²) in [5.74, 6) is -0.0225. The van der Waals surface area contributed by atoms with Crippen molar-refractivity contribution >= 4 is 13.6 Å². The van der Waals surface area contributed by atoms with Gasteiger partial charge in [0.05, 0.1) is 6.61 Å². The molecule has 4 atom stereocenters. The lowest BCUT2D eigenvalue weighted by molar-refractivity contribution is -0.0542. The summed E-state index contributed by atoms with van der Waals surface area (Å²) in [6.45, 7) is -0.657. The van der Waals surface area contributed by atoms with Crippen LogP contribution in [0.3, 0.4) is 0 Å². The van der Waals surface area contributed by atoms with Gasteiger partial charge in [-0.25, -0.2) is 9.36 Å². The molecule has 11 nitrogen and oxygen atoms in total. The van der Waals surface area contributed by atoms with Crippen LogP contribution in [0.4, 0.5) is 5.82 Å². The summed E-state index contributed by atoms with van der Waals surface area (Å²) >= 11 is 0. The average molecular weight is 323 g/mol. The number of nitrogens with two attached hydrogens (primary N) is 1. The van der Waals surface area contributed by atoms with Gasteiger partial charge in [0.25, 0.3) is 0 Å². The molecule has 0 aliphatic carbocycles. The summed E-state index contributed by atoms with van der Waals surface area (Å²) in [4.78, 5) is 32.3. The number of hydrogen-bond donors (Lipinski definition) is 5. The maximum Gasteiger partial charge on any atom is 0.469 e. The van der Waals surface area contributed by atoms with Crippen molar-refractivity contribution in [3.63, 3.8) is 0 Å². The van der Waals surface area contributed by atoms with Crippen molar-refractivity contribution in [2.75, 3.05) is 12.3 Å². The predicted octanol–water partition coefficient (Wildman–Crippen LogP) is -2.45. The van der Waals surface area contributed by atoms with E-state index in [9.17, 15) is 19.6 Å². The molecule has 21 heavy (non-hydrogen) atoms. The second kappa shape index (κ2) is 5.81. The van der Waals surface area contributed by atoms with Crippen molar-refractivity contribution in [2.24, 2.45) is 0 Å². The molecule has 0 bridgehead atoms. The van der Waals surface area contributed by atoms with Gasteiger partial charge in [-0.05, 0) is 6.07 Å². The fourth-order valence-electron chi connectivity index (χ4n) is 1.89. The number of rotatable bonds is 4. The summed E-state index contributed by atoms with van der Waals surface area (Å²) in [6.07, 6.45) is -4.27. The van der Waals surface area contributed by atoms with Crippen LogP contribution >= 0.6 is 7.82 Å². The number of ether oxygens (including phenoxy) is 1. The normalized spacial score (nSPS) is 29.7. The van der Waals surface area contributed by atoms with E-state index >= 15 is 0 Å². The number of nitrogen functional groups attached to an aromatic ring is 1. The zero-order valence-corrected chi connectivity index (χ0v) is 11.4. The molecule has 6 N–H and O–H groups in total. The zero-order valence-electron chi connectivity index (χ0n) is 10.5. The number of phosphoric ester groups is 1. The maximum absolute atomic E-state index is 11.6. The highest BCUT2D eigenvalue weighted by Gasteiger charge is 2.44. The third-order valence-corrected chi connectivity index (χ3v) is 3.36. The van der Waals surface area contributed by atoms with Crippen LogP contribution < -0.4 is 11.4 Å². The van der Waals surface area contributed by atoms with Gasteiger partial charge in [-0.15, -0.1) is 0 Å². The van der Waals surface area contributed by atoms with Gasteiger partial charge in [0.2, 0.25) is 0 Å². The molecule has 1 aliphatic rings. The molecule has 2 heterocycles. The minimum Gasteiger partial charge on any atom is -0.387 e. The van der Waals surface area contributed by atoms with E-state index in [1.807, 2.05) is 0 Å². The van der Waals surface area contributed by atoms with Crippen LogP contribution in [0, 0.1) is 0 Å². The van der Waals surface area contributed by atoms with Gasteiger partial charge in [-0.1, -0.05) is 0 Å². The highest BCUT2D eigenvalue weighted by molar-refractivity contribution is 7.46. The predicted molar refractivity (Wildman–Crippen MR) is 66.8 cm³/mol. The van der Waals surface area contributed by atoms with Gasteiger partial charge >= 0.3 is 13.5 Å². The van der Waals surface area contributed by atoms with Crippen LogP contribution in [0.2, 0.25) is 0 Å². The van der Waals surface area contributed by atoms with E-state index in [1.54, 1.807) is 0 Å². The summed E-state index contributed by atoms with van der Waals surface area (Å²) in [7, 11) is -4.74. The van der Waals surface area contributed by atoms with E-state index in [1.165, 1.54) is 12.3 Å². The van der Waals surface area contributed by atoms with Crippen LogP contribution in [0.15, 0.2) is 17.1 Å². The molecule has 118 valence electrons. The van der Waals surface area contributed by atoms with Gasteiger partial charge in [-0.3, -0.25) is 9.09 Å². The molecule has 0 spiro atoms. The first-order chi connectivity index (χ1) is 9.69. The van der Waals surface area contributed by atoms with E-state index in [-0.39, 0.29) is 5.82 Å². The van der Waals surface area contributed by atoms with Crippen molar-refractivity contribution in [1.29, 1.82) is 0 Å². The zero-order chi connectivity index (χ0) is 15.8. The molecule has 1 aromatic heterocycles. The molecule has 0 saturated carbocycles. The molecule has 1 saturated heterocycles. The smallest absolute Gasteiger partial charge is 0.387 e. The lowest BCUT2D eigenvalue weighted by Gasteiger charge is -2.16. The van der Waals surface area contributed by atoms with Crippen molar-refractivity contribution in [3.8, 4) is 0 Å². The summed E-state index contributed by atoms with van der Waals surface area (Å²) < 4.78 is 20.9. The van der Waals surface area contributed by atoms with Gasteiger partial charge in [0.15, 0.2) is 6.23 Å². The number of aromatic nitrogens is 2. The third kappa shape index (κ3) is 3.66. The lowest BCUT2D eigenvalue weighted by Crippen LogP contribution is -2.36. The molecule has 1 aromatic rings. The van der Waals surface area contributed by atoms with Gasteiger partial charge in [-0.2, -0.15) is 4.98 Å². The van der Waals surface area contributed by atoms with E-state index in [0.717, 1.165) is 4.57 Å². The lowest BCUT2D eigenvalue weighted by atomic mass is 10.1. The molecule has 1 aliphatic heterocycles. The number of aliphatic hydroxyl groups excluding tert-OH is 2. The molecular formula is C9H14N3O8P. The van der Waals surface area contributed by atoms with E-state index < -0.39 is 44.7 Å². The Hall–Kier alpha value is -1.33. The van der Waals surface area contributed by atoms with Crippen molar-refractivity contribution < 1.29 is 33.8 Å². The maximum atomic E-state index is 11.6. The first-order valence-corrected chi connectivity index (χ1v) is 7.28. The first-order valence-electron chi connectivity index (χ1n) is 5.75. The van der Waals surface area contributed by atoms with E-state index in [4.69, 9.17) is 20.3 Å². The van der Waals surface area contributed by atoms with Gasteiger partial charge in [0, 0.05) is 6.20 Å². The highest BCUT2D eigenvalue weighted by atomic mass is 31.2. The highest BCUT2D eigenvalue weighted by Crippen LogP contribution is 2.38. The number of phosphoric acid groups is 1. The number of anilines is 1. The van der Waals surface area contributed by atoms with Crippen molar-refractivity contribution in [3.05, 3.63) is 22.7 Å². The van der Waals surface area contributed by atoms with Gasteiger partial charge < -0.3 is 30.5 Å². The van der Waals surface area contributed by atoms with Crippen LogP contribution in [0.1, 0.15) is 6.23 Å². The Bertz CT molecular complexity index is 615. The van der Waals surface area contributed by atoms with E-state index in [2.05, 4.69) is 9.51 Å². The van der Waals surface area contributed by atoms with Crippen molar-refractivity contribution in [1.82, 2.24) is 9.55 Å².